The molecule has 106 valence electrons. The number of halogens is 2. The highest BCUT2D eigenvalue weighted by molar-refractivity contribution is 5.38. The first-order valence-electron chi connectivity index (χ1n) is 6.91. The standard InChI is InChI=1S/C16H23F2N/c1-14(2,3)12-6-4-5-7-13(12)15(19)8-10-16(17,18)11-9-15/h4-7H,8-11,19H2,1-3H3. The van der Waals surface area contributed by atoms with E-state index in [-0.39, 0.29) is 18.3 Å². The molecule has 3 heteroatoms. The molecule has 0 bridgehead atoms. The van der Waals surface area contributed by atoms with Crippen LogP contribution >= 0.6 is 0 Å². The van der Waals surface area contributed by atoms with Gasteiger partial charge in [-0.3, -0.25) is 0 Å². The number of hydrogen-bond acceptors (Lipinski definition) is 1. The van der Waals surface area contributed by atoms with Crippen molar-refractivity contribution in [3.05, 3.63) is 35.4 Å². The van der Waals surface area contributed by atoms with Gasteiger partial charge in [0, 0.05) is 18.4 Å². The van der Waals surface area contributed by atoms with Gasteiger partial charge >= 0.3 is 0 Å². The Labute approximate surface area is 114 Å². The summed E-state index contributed by atoms with van der Waals surface area (Å²) in [4.78, 5) is 0. The molecule has 1 saturated carbocycles. The maximum atomic E-state index is 13.3. The number of rotatable bonds is 1. The summed E-state index contributed by atoms with van der Waals surface area (Å²) in [6.45, 7) is 6.39. The molecule has 0 radical (unpaired) electrons. The van der Waals surface area contributed by atoms with E-state index < -0.39 is 11.5 Å². The van der Waals surface area contributed by atoms with Crippen molar-refractivity contribution in [1.82, 2.24) is 0 Å². The van der Waals surface area contributed by atoms with E-state index in [4.69, 9.17) is 5.73 Å². The third kappa shape index (κ3) is 2.97. The third-order valence-electron chi connectivity index (χ3n) is 4.15. The summed E-state index contributed by atoms with van der Waals surface area (Å²) in [6, 6.07) is 8.01. The molecule has 0 spiro atoms. The van der Waals surface area contributed by atoms with Gasteiger partial charge < -0.3 is 5.73 Å². The fourth-order valence-electron chi connectivity index (χ4n) is 2.90. The molecule has 2 rings (SSSR count). The zero-order valence-corrected chi connectivity index (χ0v) is 12.0. The maximum Gasteiger partial charge on any atom is 0.248 e. The van der Waals surface area contributed by atoms with Crippen LogP contribution in [0, 0.1) is 0 Å². The van der Waals surface area contributed by atoms with E-state index in [0.717, 1.165) is 5.56 Å². The van der Waals surface area contributed by atoms with Gasteiger partial charge in [-0.15, -0.1) is 0 Å². The van der Waals surface area contributed by atoms with Crippen LogP contribution in [0.15, 0.2) is 24.3 Å². The van der Waals surface area contributed by atoms with Crippen LogP contribution < -0.4 is 5.73 Å². The van der Waals surface area contributed by atoms with Crippen LogP contribution in [0.3, 0.4) is 0 Å². The first kappa shape index (κ1) is 14.4. The molecule has 1 nitrogen and oxygen atoms in total. The monoisotopic (exact) mass is 267 g/mol. The van der Waals surface area contributed by atoms with Gasteiger partial charge in [0.25, 0.3) is 0 Å². The number of nitrogens with two attached hydrogens (primary N) is 1. The molecular formula is C16H23F2N. The van der Waals surface area contributed by atoms with Crippen molar-refractivity contribution in [3.63, 3.8) is 0 Å². The Balaban J connectivity index is 2.37. The van der Waals surface area contributed by atoms with Crippen LogP contribution in [0.1, 0.15) is 57.6 Å². The van der Waals surface area contributed by atoms with Gasteiger partial charge in [-0.1, -0.05) is 45.0 Å². The molecule has 2 N–H and O–H groups in total. The molecule has 0 saturated heterocycles. The zero-order chi connectivity index (χ0) is 14.3. The first-order valence-corrected chi connectivity index (χ1v) is 6.91. The molecule has 1 aliphatic carbocycles. The average Bonchev–Trinajstić information content (AvgIpc) is 2.32. The summed E-state index contributed by atoms with van der Waals surface area (Å²) in [7, 11) is 0. The highest BCUT2D eigenvalue weighted by Gasteiger charge is 2.43. The Kier molecular flexibility index (Phi) is 3.46. The molecule has 1 aliphatic rings. The Bertz CT molecular complexity index is 450. The lowest BCUT2D eigenvalue weighted by molar-refractivity contribution is -0.0515. The van der Waals surface area contributed by atoms with E-state index in [9.17, 15) is 8.78 Å². The number of hydrogen-bond donors (Lipinski definition) is 1. The minimum atomic E-state index is -2.54. The molecule has 1 fully saturated rings. The van der Waals surface area contributed by atoms with Crippen LogP contribution in [0.25, 0.3) is 0 Å². The zero-order valence-electron chi connectivity index (χ0n) is 12.0. The van der Waals surface area contributed by atoms with Crippen molar-refractivity contribution < 1.29 is 8.78 Å². The van der Waals surface area contributed by atoms with Crippen molar-refractivity contribution in [2.75, 3.05) is 0 Å². The minimum Gasteiger partial charge on any atom is -0.321 e. The summed E-state index contributed by atoms with van der Waals surface area (Å²) in [5, 5.41) is 0. The molecular weight excluding hydrogens is 244 g/mol. The summed E-state index contributed by atoms with van der Waals surface area (Å²) >= 11 is 0. The Morgan fingerprint density at radius 3 is 2.05 bits per heavy atom. The molecule has 1 aromatic carbocycles. The van der Waals surface area contributed by atoms with Crippen molar-refractivity contribution in [2.45, 2.75) is 63.3 Å². The van der Waals surface area contributed by atoms with E-state index in [1.807, 2.05) is 18.2 Å². The van der Waals surface area contributed by atoms with Gasteiger partial charge in [0.1, 0.15) is 0 Å². The van der Waals surface area contributed by atoms with Gasteiger partial charge in [-0.25, -0.2) is 8.78 Å². The van der Waals surface area contributed by atoms with Gasteiger partial charge in [0.05, 0.1) is 0 Å². The summed E-state index contributed by atoms with van der Waals surface area (Å²) in [5.74, 6) is -2.54. The molecule has 0 unspecified atom stereocenters. The highest BCUT2D eigenvalue weighted by Crippen LogP contribution is 2.44. The van der Waals surface area contributed by atoms with Crippen LogP contribution in [-0.4, -0.2) is 5.92 Å². The van der Waals surface area contributed by atoms with Crippen molar-refractivity contribution >= 4 is 0 Å². The average molecular weight is 267 g/mol. The lowest BCUT2D eigenvalue weighted by Crippen LogP contribution is -2.44. The van der Waals surface area contributed by atoms with Crippen LogP contribution in [0.2, 0.25) is 0 Å². The molecule has 1 aromatic rings. The third-order valence-corrected chi connectivity index (χ3v) is 4.15. The summed E-state index contributed by atoms with van der Waals surface area (Å²) < 4.78 is 26.7. The van der Waals surface area contributed by atoms with Crippen LogP contribution in [-0.2, 0) is 11.0 Å². The quantitative estimate of drug-likeness (QED) is 0.804. The largest absolute Gasteiger partial charge is 0.321 e. The predicted octanol–water partition coefficient (Wildman–Crippen LogP) is 4.35. The fourth-order valence-corrected chi connectivity index (χ4v) is 2.90. The lowest BCUT2D eigenvalue weighted by atomic mass is 9.71. The molecule has 0 aliphatic heterocycles. The van der Waals surface area contributed by atoms with E-state index in [1.54, 1.807) is 0 Å². The molecule has 0 amide bonds. The highest BCUT2D eigenvalue weighted by atomic mass is 19.3. The van der Waals surface area contributed by atoms with Gasteiger partial charge in [-0.05, 0) is 29.4 Å². The molecule has 19 heavy (non-hydrogen) atoms. The predicted molar refractivity (Wildman–Crippen MR) is 74.4 cm³/mol. The second kappa shape index (κ2) is 4.55. The van der Waals surface area contributed by atoms with Crippen LogP contribution in [0.5, 0.6) is 0 Å². The second-order valence-electron chi connectivity index (χ2n) is 6.81. The topological polar surface area (TPSA) is 26.0 Å². The molecule has 0 heterocycles. The van der Waals surface area contributed by atoms with Crippen molar-refractivity contribution in [1.29, 1.82) is 0 Å². The summed E-state index contributed by atoms with van der Waals surface area (Å²) in [5.41, 5.74) is 8.04. The Hall–Kier alpha value is -0.960. The first-order chi connectivity index (χ1) is 8.64. The van der Waals surface area contributed by atoms with E-state index >= 15 is 0 Å². The SMILES string of the molecule is CC(C)(C)c1ccccc1C1(N)CCC(F)(F)CC1. The smallest absolute Gasteiger partial charge is 0.248 e. The van der Waals surface area contributed by atoms with Gasteiger partial charge in [-0.2, -0.15) is 0 Å². The van der Waals surface area contributed by atoms with Crippen LogP contribution in [0.4, 0.5) is 8.78 Å². The number of benzene rings is 1. The lowest BCUT2D eigenvalue weighted by Gasteiger charge is -2.40. The van der Waals surface area contributed by atoms with Gasteiger partial charge in [0.15, 0.2) is 0 Å². The van der Waals surface area contributed by atoms with Crippen molar-refractivity contribution in [3.8, 4) is 0 Å². The maximum absolute atomic E-state index is 13.3. The van der Waals surface area contributed by atoms with E-state index in [0.29, 0.717) is 12.8 Å². The summed E-state index contributed by atoms with van der Waals surface area (Å²) in [6.07, 6.45) is 0.490. The van der Waals surface area contributed by atoms with E-state index in [2.05, 4.69) is 26.8 Å². The minimum absolute atomic E-state index is 0.0249. The number of alkyl halides is 2. The fraction of sp³-hybridized carbons (Fsp3) is 0.625. The normalized spacial score (nSPS) is 22.2. The van der Waals surface area contributed by atoms with Gasteiger partial charge in [0.2, 0.25) is 5.92 Å². The molecule has 0 aromatic heterocycles. The Morgan fingerprint density at radius 1 is 1.00 bits per heavy atom. The molecule has 0 atom stereocenters. The van der Waals surface area contributed by atoms with E-state index in [1.165, 1.54) is 5.56 Å². The van der Waals surface area contributed by atoms with Crippen molar-refractivity contribution in [2.24, 2.45) is 5.73 Å². The second-order valence-corrected chi connectivity index (χ2v) is 6.81. The Morgan fingerprint density at radius 2 is 1.53 bits per heavy atom.